The normalized spacial score (nSPS) is 26.4. The Labute approximate surface area is 374 Å². The highest BCUT2D eigenvalue weighted by molar-refractivity contribution is 7.91. The number of pyridine rings is 1. The fourth-order valence-corrected chi connectivity index (χ4v) is 10.9. The molecule has 3 aromatic rings. The van der Waals surface area contributed by atoms with Crippen LogP contribution in [-0.4, -0.2) is 94.8 Å². The Hall–Kier alpha value is -4.77. The number of benzene rings is 1. The van der Waals surface area contributed by atoms with Gasteiger partial charge in [-0.05, 0) is 91.2 Å². The summed E-state index contributed by atoms with van der Waals surface area (Å²) in [7, 11) is -2.44. The Morgan fingerprint density at radius 1 is 1.05 bits per heavy atom. The molecule has 5 atom stereocenters. The zero-order valence-electron chi connectivity index (χ0n) is 38.0. The molecule has 1 saturated heterocycles. The molecule has 4 aliphatic rings. The van der Waals surface area contributed by atoms with Crippen molar-refractivity contribution in [1.29, 1.82) is 0 Å². The van der Waals surface area contributed by atoms with Gasteiger partial charge in [0, 0.05) is 33.7 Å². The summed E-state index contributed by atoms with van der Waals surface area (Å²) in [6.07, 6.45) is 6.38. The van der Waals surface area contributed by atoms with E-state index in [1.54, 1.807) is 34.8 Å². The van der Waals surface area contributed by atoms with Crippen molar-refractivity contribution in [3.63, 3.8) is 0 Å². The van der Waals surface area contributed by atoms with Gasteiger partial charge in [0.25, 0.3) is 5.91 Å². The van der Waals surface area contributed by atoms with Crippen molar-refractivity contribution in [3.8, 4) is 22.2 Å². The number of alkyl carbamates (subject to hydrolysis) is 1. The van der Waals surface area contributed by atoms with E-state index in [0.29, 0.717) is 58.8 Å². The number of fused-ring (bicyclic) bond motifs is 3. The smallest absolute Gasteiger partial charge is 0.408 e. The number of nitrogens with one attached hydrogen (secondary N) is 3. The molecule has 342 valence electrons. The third kappa shape index (κ3) is 9.27. The Balaban J connectivity index is 1.30. The first kappa shape index (κ1) is 46.2. The third-order valence-electron chi connectivity index (χ3n) is 13.0. The molecule has 3 N–H and O–H groups in total. The number of hydrogen-bond acceptors (Lipinski definition) is 12. The second kappa shape index (κ2) is 17.0. The minimum absolute atomic E-state index is 0.0608. The van der Waals surface area contributed by atoms with Gasteiger partial charge in [-0.25, -0.2) is 23.2 Å². The number of thiazole rings is 1. The minimum Gasteiger partial charge on any atom is -0.496 e. The second-order valence-electron chi connectivity index (χ2n) is 19.8. The van der Waals surface area contributed by atoms with Crippen LogP contribution in [0.4, 0.5) is 4.79 Å². The van der Waals surface area contributed by atoms with Crippen molar-refractivity contribution in [2.75, 3.05) is 13.7 Å². The molecule has 0 radical (unpaired) electrons. The minimum atomic E-state index is -4.04. The molecule has 1 aromatic carbocycles. The standard InChI is InChI=1S/C46H62N6O9S2/c1-26(2)32-25-62-39(48-32)31-22-34(29-18-19-33(59-10)27(3)36(29)47-31)60-35-24-52-37(44(35,7)8)38(53)50-46(41(55)51-63(57,58)45(9)20-21-45)23-28(46)16-14-12-11-13-15-17-30(40(52)54)49-42(56)61-43(4,5)6/h14,16,18-19,22,25-26,28,30,35,37H,11-13,15,17,20-21,23-24H2,1-10H3,(H,49,56)(H,50,53)(H,51,55)/b16-14-/t28-,30+,35+,37-,46-/m1/s1. The average Bonchev–Trinajstić information content (AvgIpc) is 4.02. The van der Waals surface area contributed by atoms with E-state index < -0.39 is 79.2 Å². The predicted molar refractivity (Wildman–Crippen MR) is 241 cm³/mol. The zero-order valence-corrected chi connectivity index (χ0v) is 39.7. The van der Waals surface area contributed by atoms with Gasteiger partial charge in [-0.15, -0.1) is 11.3 Å². The van der Waals surface area contributed by atoms with Gasteiger partial charge in [0.2, 0.25) is 21.8 Å². The molecule has 4 heterocycles. The van der Waals surface area contributed by atoms with Crippen LogP contribution in [0.1, 0.15) is 124 Å². The fraction of sp³-hybridized carbons (Fsp3) is 0.609. The molecule has 3 fully saturated rings. The van der Waals surface area contributed by atoms with Crippen molar-refractivity contribution in [1.82, 2.24) is 30.2 Å². The Kier molecular flexibility index (Phi) is 12.5. The Morgan fingerprint density at radius 2 is 1.78 bits per heavy atom. The van der Waals surface area contributed by atoms with Crippen LogP contribution in [0.2, 0.25) is 0 Å². The van der Waals surface area contributed by atoms with Crippen LogP contribution in [0.5, 0.6) is 11.5 Å². The van der Waals surface area contributed by atoms with E-state index in [2.05, 4.69) is 29.2 Å². The maximum Gasteiger partial charge on any atom is 0.408 e. The molecule has 63 heavy (non-hydrogen) atoms. The molecule has 2 saturated carbocycles. The lowest BCUT2D eigenvalue weighted by Gasteiger charge is -2.35. The Morgan fingerprint density at radius 3 is 2.43 bits per heavy atom. The van der Waals surface area contributed by atoms with Gasteiger partial charge in [0.05, 0.1) is 29.6 Å². The van der Waals surface area contributed by atoms with Gasteiger partial charge in [-0.1, -0.05) is 52.7 Å². The van der Waals surface area contributed by atoms with E-state index in [1.165, 1.54) is 16.2 Å². The van der Waals surface area contributed by atoms with Crippen LogP contribution < -0.4 is 24.8 Å². The van der Waals surface area contributed by atoms with Gasteiger partial charge in [0.1, 0.15) is 51.5 Å². The van der Waals surface area contributed by atoms with Gasteiger partial charge in [0.15, 0.2) is 0 Å². The summed E-state index contributed by atoms with van der Waals surface area (Å²) in [5.41, 5.74) is -0.581. The van der Waals surface area contributed by atoms with Crippen LogP contribution in [0.3, 0.4) is 0 Å². The first-order valence-electron chi connectivity index (χ1n) is 22.0. The van der Waals surface area contributed by atoms with Gasteiger partial charge in [-0.3, -0.25) is 19.1 Å². The summed E-state index contributed by atoms with van der Waals surface area (Å²) in [5.74, 6) is -1.12. The molecule has 0 bridgehead atoms. The van der Waals surface area contributed by atoms with E-state index >= 15 is 9.59 Å². The van der Waals surface area contributed by atoms with Crippen molar-refractivity contribution >= 4 is 56.1 Å². The summed E-state index contributed by atoms with van der Waals surface area (Å²) in [4.78, 5) is 69.0. The van der Waals surface area contributed by atoms with Gasteiger partial charge < -0.3 is 29.7 Å². The van der Waals surface area contributed by atoms with Gasteiger partial charge in [-0.2, -0.15) is 0 Å². The molecular weight excluding hydrogens is 845 g/mol. The van der Waals surface area contributed by atoms with E-state index in [1.807, 2.05) is 56.5 Å². The number of allylic oxidation sites excluding steroid dienone is 1. The number of ether oxygens (including phenoxy) is 3. The number of aryl methyl sites for hydroxylation is 1. The van der Waals surface area contributed by atoms with Crippen molar-refractivity contribution in [3.05, 3.63) is 47.0 Å². The first-order chi connectivity index (χ1) is 29.5. The van der Waals surface area contributed by atoms with Crippen molar-refractivity contribution in [2.45, 2.75) is 154 Å². The summed E-state index contributed by atoms with van der Waals surface area (Å²) in [6.45, 7) is 16.5. The maximum absolute atomic E-state index is 15.1. The first-order valence-corrected chi connectivity index (χ1v) is 24.3. The van der Waals surface area contributed by atoms with Crippen molar-refractivity contribution < 1.29 is 41.8 Å². The van der Waals surface area contributed by atoms with E-state index in [-0.39, 0.29) is 25.3 Å². The number of methoxy groups -OCH3 is 1. The number of rotatable bonds is 9. The number of amides is 4. The number of hydrogen-bond donors (Lipinski definition) is 3. The molecule has 4 amide bonds. The van der Waals surface area contributed by atoms with E-state index in [0.717, 1.165) is 24.1 Å². The lowest BCUT2D eigenvalue weighted by atomic mass is 9.81. The lowest BCUT2D eigenvalue weighted by molar-refractivity contribution is -0.143. The zero-order chi connectivity index (χ0) is 45.9. The average molecular weight is 907 g/mol. The number of sulfonamides is 1. The number of carbonyl (C=O) groups is 4. The largest absolute Gasteiger partial charge is 0.496 e. The van der Waals surface area contributed by atoms with E-state index in [4.69, 9.17) is 24.2 Å². The highest BCUT2D eigenvalue weighted by atomic mass is 32.2. The molecule has 0 spiro atoms. The quantitative estimate of drug-likeness (QED) is 0.186. The summed E-state index contributed by atoms with van der Waals surface area (Å²) >= 11 is 1.48. The highest BCUT2D eigenvalue weighted by Crippen LogP contribution is 2.49. The Bertz CT molecular complexity index is 2440. The topological polar surface area (TPSA) is 195 Å². The molecule has 2 aromatic heterocycles. The maximum atomic E-state index is 15.1. The number of aromatic nitrogens is 2. The summed E-state index contributed by atoms with van der Waals surface area (Å²) in [5, 5.41) is 9.19. The molecule has 15 nitrogen and oxygen atoms in total. The molecule has 7 rings (SSSR count). The third-order valence-corrected chi connectivity index (χ3v) is 16.1. The SMILES string of the molecule is COc1ccc2c(O[C@H]3CN4C(=O)[C@@H](NC(=O)OC(C)(C)C)CCCCC/C=C\[C@@H]5C[C@@]5(C(=O)NS(=O)(=O)C5(C)CC5)NC(=O)[C@@H]4C3(C)C)cc(-c3nc(C(C)C)cs3)nc2c1C. The molecule has 0 unspecified atom stereocenters. The van der Waals surface area contributed by atoms with Crippen LogP contribution in [0.15, 0.2) is 35.7 Å². The number of carbonyl (C=O) groups excluding carboxylic acids is 4. The van der Waals surface area contributed by atoms with Crippen LogP contribution in [0.25, 0.3) is 21.6 Å². The lowest BCUT2D eigenvalue weighted by Crippen LogP contribution is -2.61. The molecule has 2 aliphatic carbocycles. The second-order valence-corrected chi connectivity index (χ2v) is 22.8. The van der Waals surface area contributed by atoms with E-state index in [9.17, 15) is 18.0 Å². The van der Waals surface area contributed by atoms with Crippen LogP contribution in [0, 0.1) is 18.3 Å². The van der Waals surface area contributed by atoms with Crippen LogP contribution >= 0.6 is 11.3 Å². The van der Waals surface area contributed by atoms with Crippen LogP contribution in [-0.2, 0) is 29.1 Å². The molecule has 17 heteroatoms. The fourth-order valence-electron chi connectivity index (χ4n) is 8.62. The van der Waals surface area contributed by atoms with Gasteiger partial charge >= 0.3 is 6.09 Å². The molecular formula is C46H62N6O9S2. The highest BCUT2D eigenvalue weighted by Gasteiger charge is 2.64. The summed E-state index contributed by atoms with van der Waals surface area (Å²) in [6, 6.07) is 3.27. The number of nitrogens with zero attached hydrogens (tertiary/aromatic N) is 3. The summed E-state index contributed by atoms with van der Waals surface area (Å²) < 4.78 is 46.3. The molecule has 2 aliphatic heterocycles. The monoisotopic (exact) mass is 906 g/mol. The van der Waals surface area contributed by atoms with Crippen molar-refractivity contribution in [2.24, 2.45) is 11.3 Å². The predicted octanol–water partition coefficient (Wildman–Crippen LogP) is 7.07.